The van der Waals surface area contributed by atoms with E-state index in [9.17, 15) is 4.39 Å². The van der Waals surface area contributed by atoms with Crippen molar-refractivity contribution >= 4 is 0 Å². The van der Waals surface area contributed by atoms with Gasteiger partial charge in [0.15, 0.2) is 0 Å². The lowest BCUT2D eigenvalue weighted by Crippen LogP contribution is -2.13. The van der Waals surface area contributed by atoms with Crippen LogP contribution in [0.4, 0.5) is 4.39 Å². The number of aromatic nitrogens is 2. The van der Waals surface area contributed by atoms with E-state index in [1.54, 1.807) is 6.07 Å². The summed E-state index contributed by atoms with van der Waals surface area (Å²) in [6.45, 7) is 4.23. The van der Waals surface area contributed by atoms with E-state index in [1.165, 1.54) is 38.2 Å². The lowest BCUT2D eigenvalue weighted by Gasteiger charge is -2.25. The molecule has 0 aliphatic heterocycles. The van der Waals surface area contributed by atoms with Gasteiger partial charge in [-0.2, -0.15) is 10.2 Å². The number of aryl methyl sites for hydroxylation is 2. The van der Waals surface area contributed by atoms with Crippen LogP contribution in [-0.4, -0.2) is 10.2 Å². The molecule has 0 atom stereocenters. The molecular formula is C20H25FN2. The molecule has 1 aromatic heterocycles. The Morgan fingerprint density at radius 3 is 2.48 bits per heavy atom. The van der Waals surface area contributed by atoms with Crippen LogP contribution in [0.15, 0.2) is 30.3 Å². The first-order valence-corrected chi connectivity index (χ1v) is 8.71. The van der Waals surface area contributed by atoms with Crippen LogP contribution in [-0.2, 0) is 6.42 Å². The predicted octanol–water partition coefficient (Wildman–Crippen LogP) is 5.35. The topological polar surface area (TPSA) is 25.8 Å². The Hall–Kier alpha value is -1.77. The van der Waals surface area contributed by atoms with Gasteiger partial charge >= 0.3 is 0 Å². The molecule has 0 radical (unpaired) electrons. The number of benzene rings is 1. The van der Waals surface area contributed by atoms with Gasteiger partial charge in [0.2, 0.25) is 0 Å². The van der Waals surface area contributed by atoms with Crippen molar-refractivity contribution in [3.63, 3.8) is 0 Å². The van der Waals surface area contributed by atoms with Gasteiger partial charge in [-0.1, -0.05) is 38.7 Å². The van der Waals surface area contributed by atoms with Crippen LogP contribution < -0.4 is 0 Å². The lowest BCUT2D eigenvalue weighted by atomic mass is 9.81. The number of nitrogens with zero attached hydrogens (tertiary/aromatic N) is 2. The van der Waals surface area contributed by atoms with Gasteiger partial charge in [-0.3, -0.25) is 0 Å². The summed E-state index contributed by atoms with van der Waals surface area (Å²) in [7, 11) is 0. The van der Waals surface area contributed by atoms with Crippen LogP contribution in [0.1, 0.15) is 50.3 Å². The monoisotopic (exact) mass is 312 g/mol. The first-order chi connectivity index (χ1) is 11.1. The normalized spacial score (nSPS) is 21.3. The molecule has 1 aliphatic carbocycles. The molecule has 0 unspecified atom stereocenters. The Labute approximate surface area is 138 Å². The molecule has 2 aromatic rings. The fraction of sp³-hybridized carbons (Fsp3) is 0.500. The molecule has 0 bridgehead atoms. The van der Waals surface area contributed by atoms with Gasteiger partial charge in [-0.15, -0.1) is 0 Å². The summed E-state index contributed by atoms with van der Waals surface area (Å²) in [6, 6.07) is 9.09. The maximum absolute atomic E-state index is 14.0. The van der Waals surface area contributed by atoms with Crippen LogP contribution in [0.2, 0.25) is 0 Å². The lowest BCUT2D eigenvalue weighted by molar-refractivity contribution is 0.277. The third-order valence-corrected chi connectivity index (χ3v) is 5.06. The summed E-state index contributed by atoms with van der Waals surface area (Å²) >= 11 is 0. The standard InChI is InChI=1S/C20H25FN2/c1-14-3-6-16(7-4-14)8-9-17-10-12-20(23-22-17)18-11-5-15(2)13-19(18)21/h5,10-14,16H,3-4,6-9H2,1-2H3. The van der Waals surface area contributed by atoms with E-state index < -0.39 is 0 Å². The zero-order chi connectivity index (χ0) is 16.2. The third-order valence-electron chi connectivity index (χ3n) is 5.06. The van der Waals surface area contributed by atoms with Crippen molar-refractivity contribution < 1.29 is 4.39 Å². The van der Waals surface area contributed by atoms with Crippen molar-refractivity contribution in [2.75, 3.05) is 0 Å². The number of hydrogen-bond acceptors (Lipinski definition) is 2. The van der Waals surface area contributed by atoms with E-state index in [0.717, 1.165) is 29.5 Å². The van der Waals surface area contributed by atoms with E-state index in [1.807, 2.05) is 25.1 Å². The summed E-state index contributed by atoms with van der Waals surface area (Å²) in [5, 5.41) is 8.53. The van der Waals surface area contributed by atoms with Crippen molar-refractivity contribution in [1.82, 2.24) is 10.2 Å². The molecule has 1 aliphatic rings. The summed E-state index contributed by atoms with van der Waals surface area (Å²) in [4.78, 5) is 0. The zero-order valence-electron chi connectivity index (χ0n) is 14.1. The summed E-state index contributed by atoms with van der Waals surface area (Å²) in [6.07, 6.45) is 7.59. The minimum atomic E-state index is -0.233. The molecule has 1 aromatic carbocycles. The van der Waals surface area contributed by atoms with E-state index in [0.29, 0.717) is 11.3 Å². The highest BCUT2D eigenvalue weighted by molar-refractivity contribution is 5.59. The molecule has 1 saturated carbocycles. The Morgan fingerprint density at radius 1 is 1.04 bits per heavy atom. The smallest absolute Gasteiger partial charge is 0.132 e. The van der Waals surface area contributed by atoms with Gasteiger partial charge in [0, 0.05) is 5.56 Å². The van der Waals surface area contributed by atoms with Gasteiger partial charge in [-0.25, -0.2) is 4.39 Å². The van der Waals surface area contributed by atoms with Crippen LogP contribution in [0.5, 0.6) is 0 Å². The number of hydrogen-bond donors (Lipinski definition) is 0. The Kier molecular flexibility index (Phi) is 5.04. The van der Waals surface area contributed by atoms with Crippen LogP contribution in [0.25, 0.3) is 11.3 Å². The maximum atomic E-state index is 14.0. The SMILES string of the molecule is Cc1ccc(-c2ccc(CCC3CCC(C)CC3)nn2)c(F)c1. The molecule has 0 N–H and O–H groups in total. The van der Waals surface area contributed by atoms with Gasteiger partial charge < -0.3 is 0 Å². The second kappa shape index (κ2) is 7.20. The molecule has 0 spiro atoms. The van der Waals surface area contributed by atoms with Crippen molar-refractivity contribution in [3.8, 4) is 11.3 Å². The zero-order valence-corrected chi connectivity index (χ0v) is 14.1. The van der Waals surface area contributed by atoms with Gasteiger partial charge in [0.25, 0.3) is 0 Å². The molecule has 1 fully saturated rings. The Balaban J connectivity index is 1.61. The fourth-order valence-corrected chi connectivity index (χ4v) is 3.43. The highest BCUT2D eigenvalue weighted by Gasteiger charge is 2.18. The average molecular weight is 312 g/mol. The van der Waals surface area contributed by atoms with Crippen molar-refractivity contribution in [2.24, 2.45) is 11.8 Å². The van der Waals surface area contributed by atoms with Gasteiger partial charge in [-0.05, 0) is 61.4 Å². The second-order valence-electron chi connectivity index (χ2n) is 7.06. The molecule has 3 rings (SSSR count). The van der Waals surface area contributed by atoms with Crippen molar-refractivity contribution in [1.29, 1.82) is 0 Å². The first kappa shape index (κ1) is 16.1. The highest BCUT2D eigenvalue weighted by Crippen LogP contribution is 2.31. The first-order valence-electron chi connectivity index (χ1n) is 8.71. The molecule has 2 nitrogen and oxygen atoms in total. The molecule has 1 heterocycles. The minimum absolute atomic E-state index is 0.233. The highest BCUT2D eigenvalue weighted by atomic mass is 19.1. The molecule has 0 amide bonds. The molecule has 23 heavy (non-hydrogen) atoms. The molecule has 122 valence electrons. The largest absolute Gasteiger partial charge is 0.206 e. The van der Waals surface area contributed by atoms with Gasteiger partial charge in [0.1, 0.15) is 5.82 Å². The quantitative estimate of drug-likeness (QED) is 0.760. The number of halogens is 1. The van der Waals surface area contributed by atoms with Gasteiger partial charge in [0.05, 0.1) is 11.4 Å². The van der Waals surface area contributed by atoms with E-state index >= 15 is 0 Å². The van der Waals surface area contributed by atoms with Crippen LogP contribution in [0, 0.1) is 24.6 Å². The minimum Gasteiger partial charge on any atom is -0.206 e. The molecular weight excluding hydrogens is 287 g/mol. The second-order valence-corrected chi connectivity index (χ2v) is 7.06. The summed E-state index contributed by atoms with van der Waals surface area (Å²) in [5.74, 6) is 1.50. The Bertz CT molecular complexity index is 643. The van der Waals surface area contributed by atoms with E-state index in [2.05, 4.69) is 17.1 Å². The van der Waals surface area contributed by atoms with Crippen molar-refractivity contribution in [2.45, 2.75) is 52.4 Å². The maximum Gasteiger partial charge on any atom is 0.132 e. The molecule has 0 saturated heterocycles. The van der Waals surface area contributed by atoms with E-state index in [4.69, 9.17) is 0 Å². The fourth-order valence-electron chi connectivity index (χ4n) is 3.43. The van der Waals surface area contributed by atoms with E-state index in [-0.39, 0.29) is 5.82 Å². The van der Waals surface area contributed by atoms with Crippen LogP contribution in [0.3, 0.4) is 0 Å². The van der Waals surface area contributed by atoms with Crippen molar-refractivity contribution in [3.05, 3.63) is 47.4 Å². The summed E-state index contributed by atoms with van der Waals surface area (Å²) < 4.78 is 14.0. The number of rotatable bonds is 4. The predicted molar refractivity (Wildman–Crippen MR) is 91.6 cm³/mol. The average Bonchev–Trinajstić information content (AvgIpc) is 2.55. The molecule has 3 heteroatoms. The Morgan fingerprint density at radius 2 is 1.83 bits per heavy atom. The van der Waals surface area contributed by atoms with Crippen LogP contribution >= 0.6 is 0 Å². The summed E-state index contributed by atoms with van der Waals surface area (Å²) in [5.41, 5.74) is 3.06. The third kappa shape index (κ3) is 4.15.